The Balaban J connectivity index is 1.40. The average molecular weight is 390 g/mol. The third kappa shape index (κ3) is 3.69. The van der Waals surface area contributed by atoms with E-state index in [0.717, 1.165) is 5.69 Å². The van der Waals surface area contributed by atoms with Crippen LogP contribution in [0.1, 0.15) is 12.4 Å². The number of anilines is 1. The van der Waals surface area contributed by atoms with Crippen molar-refractivity contribution >= 4 is 16.8 Å². The van der Waals surface area contributed by atoms with Crippen molar-refractivity contribution in [2.24, 2.45) is 0 Å². The first-order valence-electron chi connectivity index (χ1n) is 12.1. The van der Waals surface area contributed by atoms with Crippen LogP contribution in [0.4, 0.5) is 5.69 Å². The summed E-state index contributed by atoms with van der Waals surface area (Å²) < 4.78 is 47.0. The van der Waals surface area contributed by atoms with Crippen molar-refractivity contribution in [1.82, 2.24) is 9.88 Å². The zero-order valence-corrected chi connectivity index (χ0v) is 15.8. The number of nitrogens with one attached hydrogen (secondary N) is 1. The fourth-order valence-electron chi connectivity index (χ4n) is 3.73. The Hall–Kier alpha value is -3.31. The molecule has 1 saturated heterocycles. The van der Waals surface area contributed by atoms with Crippen LogP contribution < -0.4 is 10.7 Å². The van der Waals surface area contributed by atoms with E-state index in [0.29, 0.717) is 55.0 Å². The predicted octanol–water partition coefficient (Wildman–Crippen LogP) is 4.11. The molecule has 2 heterocycles. The zero-order valence-electron chi connectivity index (χ0n) is 20.8. The third-order valence-corrected chi connectivity index (χ3v) is 5.19. The molecule has 0 spiro atoms. The second-order valence-electron chi connectivity index (χ2n) is 7.08. The van der Waals surface area contributed by atoms with E-state index >= 15 is 0 Å². The molecular formula is C24H23N3O2. The number of hydrogen-bond donors (Lipinski definition) is 1. The highest BCUT2D eigenvalue weighted by atomic mass is 16.4. The lowest BCUT2D eigenvalue weighted by atomic mass is 10.0. The molecule has 4 aromatic rings. The van der Waals surface area contributed by atoms with Gasteiger partial charge in [0.05, 0.1) is 18.1 Å². The number of oxazole rings is 1. The molecule has 5 heteroatoms. The number of benzene rings is 3. The molecule has 1 aromatic heterocycles. The van der Waals surface area contributed by atoms with Gasteiger partial charge in [-0.3, -0.25) is 9.88 Å². The van der Waals surface area contributed by atoms with E-state index < -0.39 is 5.76 Å². The number of nitrogens with zero attached hydrogens (tertiary/aromatic N) is 2. The number of rotatable bonds is 4. The van der Waals surface area contributed by atoms with Crippen LogP contribution in [-0.4, -0.2) is 36.1 Å². The summed E-state index contributed by atoms with van der Waals surface area (Å²) in [6.45, 7) is 3.00. The molecule has 29 heavy (non-hydrogen) atoms. The zero-order chi connectivity index (χ0) is 24.0. The highest BCUT2D eigenvalue weighted by Crippen LogP contribution is 2.26. The molecule has 3 aromatic carbocycles. The largest absolute Gasteiger partial charge is 0.417 e. The van der Waals surface area contributed by atoms with Crippen LogP contribution in [0.25, 0.3) is 22.2 Å². The number of piperazine rings is 1. The summed E-state index contributed by atoms with van der Waals surface area (Å²) in [5.74, 6) is -0.483. The van der Waals surface area contributed by atoms with Crippen molar-refractivity contribution in [3.8, 4) is 11.1 Å². The highest BCUT2D eigenvalue weighted by molar-refractivity contribution is 5.86. The van der Waals surface area contributed by atoms with Crippen molar-refractivity contribution in [1.29, 1.82) is 0 Å². The quantitative estimate of drug-likeness (QED) is 0.570. The predicted molar refractivity (Wildman–Crippen MR) is 116 cm³/mol. The van der Waals surface area contributed by atoms with Crippen LogP contribution in [0.5, 0.6) is 0 Å². The van der Waals surface area contributed by atoms with Gasteiger partial charge in [-0.1, -0.05) is 54.5 Å². The molecule has 1 aliphatic rings. The standard InChI is InChI=1S/C24H23N3O2/c28-24-25-21-10-5-11-22(23(21)29-24)27-14-12-26(13-15-27)17-18-6-4-9-20(16-18)19-7-2-1-3-8-19/h1-11,16H,12-15,17H2,(H,25,28)/i2D,4D,6D,9D,16D. The molecule has 0 atom stereocenters. The molecule has 146 valence electrons. The van der Waals surface area contributed by atoms with Crippen LogP contribution in [0.3, 0.4) is 0 Å². The fraction of sp³-hybridized carbons (Fsp3) is 0.208. The van der Waals surface area contributed by atoms with Crippen LogP contribution in [0, 0.1) is 0 Å². The second-order valence-corrected chi connectivity index (χ2v) is 7.08. The number of aromatic amines is 1. The topological polar surface area (TPSA) is 52.5 Å². The Morgan fingerprint density at radius 2 is 1.86 bits per heavy atom. The molecule has 0 bridgehead atoms. The van der Waals surface area contributed by atoms with E-state index in [-0.39, 0.29) is 35.8 Å². The van der Waals surface area contributed by atoms with Crippen molar-refractivity contribution in [3.63, 3.8) is 0 Å². The minimum atomic E-state index is -0.483. The SMILES string of the molecule is [2H]c1cccc(-c2c([2H])c([2H])c([2H])c(CN3CCN(c4cccc5[nH]c(=O)oc45)CC3)c2[2H])c1. The van der Waals surface area contributed by atoms with Crippen molar-refractivity contribution in [3.05, 3.63) is 88.8 Å². The van der Waals surface area contributed by atoms with Gasteiger partial charge in [0.15, 0.2) is 5.58 Å². The van der Waals surface area contributed by atoms with Crippen LogP contribution >= 0.6 is 0 Å². The Kier molecular flexibility index (Phi) is 3.41. The first kappa shape index (κ1) is 13.0. The Morgan fingerprint density at radius 1 is 0.966 bits per heavy atom. The van der Waals surface area contributed by atoms with Crippen LogP contribution in [0.15, 0.2) is 81.9 Å². The summed E-state index contributed by atoms with van der Waals surface area (Å²) in [5, 5.41) is 0. The summed E-state index contributed by atoms with van der Waals surface area (Å²) in [4.78, 5) is 18.6. The van der Waals surface area contributed by atoms with Crippen LogP contribution in [0.2, 0.25) is 0 Å². The smallest absolute Gasteiger partial charge is 0.406 e. The molecule has 0 unspecified atom stereocenters. The maximum absolute atomic E-state index is 11.6. The minimum absolute atomic E-state index is 0.0675. The number of hydrogen-bond acceptors (Lipinski definition) is 4. The summed E-state index contributed by atoms with van der Waals surface area (Å²) in [5.41, 5.74) is 3.29. The van der Waals surface area contributed by atoms with Gasteiger partial charge in [-0.25, -0.2) is 4.79 Å². The maximum Gasteiger partial charge on any atom is 0.417 e. The molecule has 0 aliphatic carbocycles. The molecule has 0 saturated carbocycles. The van der Waals surface area contributed by atoms with E-state index in [1.165, 1.54) is 0 Å². The molecule has 5 rings (SSSR count). The summed E-state index contributed by atoms with van der Waals surface area (Å²) in [7, 11) is 0. The van der Waals surface area contributed by atoms with Crippen molar-refractivity contribution < 1.29 is 11.3 Å². The fourth-order valence-corrected chi connectivity index (χ4v) is 3.73. The maximum atomic E-state index is 11.6. The van der Waals surface area contributed by atoms with Gasteiger partial charge in [-0.2, -0.15) is 0 Å². The number of para-hydroxylation sites is 1. The lowest BCUT2D eigenvalue weighted by Crippen LogP contribution is -2.46. The molecule has 5 nitrogen and oxygen atoms in total. The monoisotopic (exact) mass is 390 g/mol. The lowest BCUT2D eigenvalue weighted by molar-refractivity contribution is 0.250. The second kappa shape index (κ2) is 7.60. The van der Waals surface area contributed by atoms with Gasteiger partial charge < -0.3 is 9.32 Å². The Labute approximate surface area is 176 Å². The van der Waals surface area contributed by atoms with Gasteiger partial charge in [0.25, 0.3) is 0 Å². The van der Waals surface area contributed by atoms with Gasteiger partial charge in [-0.15, -0.1) is 0 Å². The molecule has 1 N–H and O–H groups in total. The first-order chi connectivity index (χ1) is 16.3. The number of aromatic nitrogens is 1. The Morgan fingerprint density at radius 3 is 2.72 bits per heavy atom. The number of H-pyrrole nitrogens is 1. The normalized spacial score (nSPS) is 17.5. The molecule has 0 amide bonds. The lowest BCUT2D eigenvalue weighted by Gasteiger charge is -2.36. The van der Waals surface area contributed by atoms with Gasteiger partial charge in [0, 0.05) is 32.7 Å². The Bertz CT molecular complexity index is 1440. The van der Waals surface area contributed by atoms with Crippen LogP contribution in [-0.2, 0) is 6.54 Å². The molecular weight excluding hydrogens is 362 g/mol. The van der Waals surface area contributed by atoms with Gasteiger partial charge in [-0.05, 0) is 34.9 Å². The first-order valence-corrected chi connectivity index (χ1v) is 9.59. The van der Waals surface area contributed by atoms with Gasteiger partial charge in [0.2, 0.25) is 0 Å². The highest BCUT2D eigenvalue weighted by Gasteiger charge is 2.20. The minimum Gasteiger partial charge on any atom is -0.406 e. The summed E-state index contributed by atoms with van der Waals surface area (Å²) in [6, 6.07) is 12.1. The van der Waals surface area contributed by atoms with Crippen molar-refractivity contribution in [2.45, 2.75) is 6.54 Å². The summed E-state index contributed by atoms with van der Waals surface area (Å²) >= 11 is 0. The van der Waals surface area contributed by atoms with E-state index in [1.807, 2.05) is 12.1 Å². The molecule has 0 radical (unpaired) electrons. The van der Waals surface area contributed by atoms with Crippen molar-refractivity contribution in [2.75, 3.05) is 31.1 Å². The van der Waals surface area contributed by atoms with E-state index in [2.05, 4.69) is 14.8 Å². The molecule has 1 fully saturated rings. The average Bonchev–Trinajstić information content (AvgIpc) is 3.21. The summed E-state index contributed by atoms with van der Waals surface area (Å²) in [6.07, 6.45) is 0. The van der Waals surface area contributed by atoms with Gasteiger partial charge >= 0.3 is 5.76 Å². The van der Waals surface area contributed by atoms with E-state index in [9.17, 15) is 4.79 Å². The number of fused-ring (bicyclic) bond motifs is 1. The van der Waals surface area contributed by atoms with Gasteiger partial charge in [0.1, 0.15) is 0 Å². The van der Waals surface area contributed by atoms with E-state index in [1.54, 1.807) is 30.3 Å². The molecule has 1 aliphatic heterocycles. The van der Waals surface area contributed by atoms with E-state index in [4.69, 9.17) is 11.3 Å². The third-order valence-electron chi connectivity index (χ3n) is 5.19.